The Morgan fingerprint density at radius 1 is 1.17 bits per heavy atom. The van der Waals surface area contributed by atoms with Crippen LogP contribution in [0, 0.1) is 0 Å². The van der Waals surface area contributed by atoms with Gasteiger partial charge in [-0.25, -0.2) is 0 Å². The summed E-state index contributed by atoms with van der Waals surface area (Å²) in [6.45, 7) is 0.177. The number of methoxy groups -OCH3 is 1. The zero-order valence-electron chi connectivity index (χ0n) is 16.4. The fourth-order valence-electron chi connectivity index (χ4n) is 2.89. The summed E-state index contributed by atoms with van der Waals surface area (Å²) >= 11 is 0. The Hall–Kier alpha value is -4.14. The molecule has 0 spiro atoms. The third-order valence-corrected chi connectivity index (χ3v) is 4.38. The van der Waals surface area contributed by atoms with Crippen LogP contribution in [0.25, 0.3) is 11.0 Å². The molecule has 0 radical (unpaired) electrons. The van der Waals surface area contributed by atoms with E-state index in [0.717, 1.165) is 11.3 Å². The molecule has 0 saturated heterocycles. The maximum atomic E-state index is 11.7. The molecule has 9 nitrogen and oxygen atoms in total. The van der Waals surface area contributed by atoms with E-state index in [1.165, 1.54) is 0 Å². The summed E-state index contributed by atoms with van der Waals surface area (Å²) in [5, 5.41) is 14.9. The lowest BCUT2D eigenvalue weighted by Crippen LogP contribution is -2.19. The molecule has 0 fully saturated rings. The molecule has 30 heavy (non-hydrogen) atoms. The van der Waals surface area contributed by atoms with E-state index < -0.39 is 0 Å². The number of para-hydroxylation sites is 2. The lowest BCUT2D eigenvalue weighted by molar-refractivity contribution is 0.0958. The minimum absolute atomic E-state index is 0.177. The second kappa shape index (κ2) is 8.48. The molecule has 4 aromatic rings. The summed E-state index contributed by atoms with van der Waals surface area (Å²) in [7, 11) is 3.16. The molecule has 152 valence electrons. The van der Waals surface area contributed by atoms with E-state index in [9.17, 15) is 4.79 Å². The van der Waals surface area contributed by atoms with E-state index in [2.05, 4.69) is 25.8 Å². The summed E-state index contributed by atoms with van der Waals surface area (Å²) in [6, 6.07) is 12.7. The van der Waals surface area contributed by atoms with Crippen molar-refractivity contribution in [1.82, 2.24) is 20.5 Å². The number of hydrogen-bond acceptors (Lipinski definition) is 8. The van der Waals surface area contributed by atoms with Crippen LogP contribution in [0.3, 0.4) is 0 Å². The number of ether oxygens (including phenoxy) is 2. The smallest absolute Gasteiger partial charge is 0.278 e. The number of nitrogens with one attached hydrogen (secondary N) is 2. The molecule has 3 heterocycles. The largest absolute Gasteiger partial charge is 0.495 e. The fourth-order valence-corrected chi connectivity index (χ4v) is 2.89. The van der Waals surface area contributed by atoms with Crippen LogP contribution in [-0.2, 0) is 6.61 Å². The highest BCUT2D eigenvalue weighted by Gasteiger charge is 2.15. The first kappa shape index (κ1) is 19.2. The molecule has 0 aliphatic heterocycles. The van der Waals surface area contributed by atoms with Crippen molar-refractivity contribution in [2.75, 3.05) is 19.5 Å². The second-order valence-corrected chi connectivity index (χ2v) is 6.26. The molecule has 1 aromatic carbocycles. The lowest BCUT2D eigenvalue weighted by atomic mass is 10.2. The van der Waals surface area contributed by atoms with Crippen LogP contribution in [0.4, 0.5) is 11.5 Å². The molecule has 9 heteroatoms. The molecule has 4 rings (SSSR count). The zero-order chi connectivity index (χ0) is 20.9. The van der Waals surface area contributed by atoms with Crippen LogP contribution in [-0.4, -0.2) is 35.2 Å². The number of anilines is 2. The van der Waals surface area contributed by atoms with Gasteiger partial charge in [-0.05, 0) is 35.9 Å². The van der Waals surface area contributed by atoms with Crippen LogP contribution in [0.15, 0.2) is 59.3 Å². The molecule has 1 amide bonds. The van der Waals surface area contributed by atoms with Crippen LogP contribution >= 0.6 is 0 Å². The number of rotatable bonds is 7. The number of carbonyl (C=O) groups excluding carboxylic acids is 1. The molecule has 0 aliphatic rings. The maximum Gasteiger partial charge on any atom is 0.278 e. The molecular weight excluding hydrogens is 386 g/mol. The topological polar surface area (TPSA) is 111 Å². The van der Waals surface area contributed by atoms with Gasteiger partial charge in [0.1, 0.15) is 18.1 Å². The molecule has 2 N–H and O–H groups in total. The summed E-state index contributed by atoms with van der Waals surface area (Å²) in [5.74, 6) is 1.18. The number of amides is 1. The van der Waals surface area contributed by atoms with Gasteiger partial charge >= 0.3 is 0 Å². The highest BCUT2D eigenvalue weighted by molar-refractivity contribution is 5.93. The van der Waals surface area contributed by atoms with E-state index in [1.54, 1.807) is 44.8 Å². The van der Waals surface area contributed by atoms with Crippen molar-refractivity contribution in [2.24, 2.45) is 0 Å². The third kappa shape index (κ3) is 3.86. The Labute approximate surface area is 172 Å². The van der Waals surface area contributed by atoms with E-state index in [1.807, 2.05) is 24.3 Å². The minimum Gasteiger partial charge on any atom is -0.495 e. The molecule has 3 aromatic heterocycles. The number of nitrogens with zero attached hydrogens (tertiary/aromatic N) is 3. The highest BCUT2D eigenvalue weighted by Crippen LogP contribution is 2.33. The van der Waals surface area contributed by atoms with Gasteiger partial charge in [-0.1, -0.05) is 12.1 Å². The van der Waals surface area contributed by atoms with Crippen molar-refractivity contribution < 1.29 is 18.7 Å². The summed E-state index contributed by atoms with van der Waals surface area (Å²) in [5.41, 5.74) is 2.29. The average molecular weight is 405 g/mol. The van der Waals surface area contributed by atoms with Gasteiger partial charge in [-0.2, -0.15) is 0 Å². The Morgan fingerprint density at radius 2 is 2.03 bits per heavy atom. The van der Waals surface area contributed by atoms with Gasteiger partial charge in [0.25, 0.3) is 11.8 Å². The number of fused-ring (bicyclic) bond motifs is 1. The first-order valence-corrected chi connectivity index (χ1v) is 9.13. The van der Waals surface area contributed by atoms with Crippen LogP contribution < -0.4 is 20.1 Å². The minimum atomic E-state index is -0.267. The first-order chi connectivity index (χ1) is 14.7. The van der Waals surface area contributed by atoms with E-state index in [4.69, 9.17) is 13.9 Å². The Kier molecular flexibility index (Phi) is 5.42. The summed E-state index contributed by atoms with van der Waals surface area (Å²) in [6.07, 6.45) is 3.10. The average Bonchev–Trinajstić information content (AvgIpc) is 3.29. The predicted molar refractivity (Wildman–Crippen MR) is 110 cm³/mol. The zero-order valence-corrected chi connectivity index (χ0v) is 16.4. The van der Waals surface area contributed by atoms with E-state index in [0.29, 0.717) is 28.2 Å². The SMILES string of the molecule is CNC(=O)c1cc(COc2nnc(Nc3ccccc3OC)c3ccoc23)ccn1. The predicted octanol–water partition coefficient (Wildman–Crippen LogP) is 3.31. The standard InChI is InChI=1S/C21H19N5O4/c1-22-20(27)16-11-13(7-9-23-16)12-30-21-18-14(8-10-29-18)19(25-26-21)24-15-5-3-4-6-17(15)28-2/h3-11H,12H2,1-2H3,(H,22,27)(H,24,25). The number of pyridine rings is 1. The van der Waals surface area contributed by atoms with Gasteiger partial charge in [0.15, 0.2) is 5.82 Å². The number of benzene rings is 1. The third-order valence-electron chi connectivity index (χ3n) is 4.38. The van der Waals surface area contributed by atoms with Gasteiger partial charge in [-0.15, -0.1) is 10.2 Å². The molecular formula is C21H19N5O4. The quantitative estimate of drug-likeness (QED) is 0.482. The monoisotopic (exact) mass is 405 g/mol. The lowest BCUT2D eigenvalue weighted by Gasteiger charge is -2.11. The molecule has 0 saturated carbocycles. The Morgan fingerprint density at radius 3 is 2.87 bits per heavy atom. The van der Waals surface area contributed by atoms with Gasteiger partial charge in [0.2, 0.25) is 5.58 Å². The van der Waals surface area contributed by atoms with Crippen molar-refractivity contribution >= 4 is 28.4 Å². The summed E-state index contributed by atoms with van der Waals surface area (Å²) < 4.78 is 16.7. The van der Waals surface area contributed by atoms with Crippen molar-refractivity contribution in [3.63, 3.8) is 0 Å². The van der Waals surface area contributed by atoms with Crippen molar-refractivity contribution in [3.05, 3.63) is 66.2 Å². The van der Waals surface area contributed by atoms with Gasteiger partial charge in [0.05, 0.1) is 24.4 Å². The molecule has 0 bridgehead atoms. The van der Waals surface area contributed by atoms with Crippen molar-refractivity contribution in [1.29, 1.82) is 0 Å². The van der Waals surface area contributed by atoms with Crippen LogP contribution in [0.2, 0.25) is 0 Å². The van der Waals surface area contributed by atoms with Gasteiger partial charge in [0, 0.05) is 13.2 Å². The first-order valence-electron chi connectivity index (χ1n) is 9.13. The summed E-state index contributed by atoms with van der Waals surface area (Å²) in [4.78, 5) is 15.8. The van der Waals surface area contributed by atoms with E-state index in [-0.39, 0.29) is 18.4 Å². The maximum absolute atomic E-state index is 11.7. The Bertz CT molecular complexity index is 1190. The molecule has 0 atom stereocenters. The van der Waals surface area contributed by atoms with E-state index >= 15 is 0 Å². The van der Waals surface area contributed by atoms with Crippen LogP contribution in [0.1, 0.15) is 16.1 Å². The molecule has 0 unspecified atom stereocenters. The second-order valence-electron chi connectivity index (χ2n) is 6.26. The van der Waals surface area contributed by atoms with Crippen molar-refractivity contribution in [3.8, 4) is 11.6 Å². The Balaban J connectivity index is 1.56. The molecule has 0 aliphatic carbocycles. The number of furan rings is 1. The number of aromatic nitrogens is 3. The van der Waals surface area contributed by atoms with Gasteiger partial charge < -0.3 is 24.5 Å². The normalized spacial score (nSPS) is 10.6. The number of hydrogen-bond donors (Lipinski definition) is 2. The van der Waals surface area contributed by atoms with Crippen LogP contribution in [0.5, 0.6) is 11.6 Å². The van der Waals surface area contributed by atoms with Gasteiger partial charge in [-0.3, -0.25) is 9.78 Å². The van der Waals surface area contributed by atoms with Crippen molar-refractivity contribution in [2.45, 2.75) is 6.61 Å². The highest BCUT2D eigenvalue weighted by atomic mass is 16.5. The fraction of sp³-hybridized carbons (Fsp3) is 0.143. The number of carbonyl (C=O) groups is 1.